The molecular weight excluding hydrogens is 380 g/mol. The maximum Gasteiger partial charge on any atom is 0.407 e. The number of carbonyl (C=O) groups is 2. The second-order valence-electron chi connectivity index (χ2n) is 10.2. The van der Waals surface area contributed by atoms with Gasteiger partial charge < -0.3 is 19.7 Å². The summed E-state index contributed by atoms with van der Waals surface area (Å²) in [7, 11) is 1.65. The molecule has 0 saturated heterocycles. The lowest BCUT2D eigenvalue weighted by Crippen LogP contribution is -2.49. The van der Waals surface area contributed by atoms with Crippen LogP contribution in [-0.4, -0.2) is 41.7 Å². The number of amides is 2. The minimum atomic E-state index is -0.504. The molecule has 1 aromatic rings. The van der Waals surface area contributed by atoms with Crippen molar-refractivity contribution in [2.75, 3.05) is 7.11 Å². The predicted molar refractivity (Wildman–Crippen MR) is 118 cm³/mol. The smallest absolute Gasteiger partial charge is 0.407 e. The van der Waals surface area contributed by atoms with Gasteiger partial charge in [-0.3, -0.25) is 4.79 Å². The summed E-state index contributed by atoms with van der Waals surface area (Å²) < 4.78 is 10.6. The molecule has 1 aliphatic carbocycles. The van der Waals surface area contributed by atoms with Gasteiger partial charge >= 0.3 is 6.09 Å². The number of nitrogens with zero attached hydrogens (tertiary/aromatic N) is 1. The molecule has 0 spiro atoms. The van der Waals surface area contributed by atoms with Crippen LogP contribution in [-0.2, 0) is 16.1 Å². The van der Waals surface area contributed by atoms with E-state index in [0.717, 1.165) is 37.0 Å². The third kappa shape index (κ3) is 7.22. The lowest BCUT2D eigenvalue weighted by Gasteiger charge is -2.40. The fraction of sp³-hybridized carbons (Fsp3) is 0.667. The van der Waals surface area contributed by atoms with Crippen LogP contribution >= 0.6 is 0 Å². The number of hydrogen-bond donors (Lipinski definition) is 1. The quantitative estimate of drug-likeness (QED) is 0.738. The van der Waals surface area contributed by atoms with Crippen LogP contribution in [0.2, 0.25) is 0 Å². The van der Waals surface area contributed by atoms with Crippen molar-refractivity contribution in [3.05, 3.63) is 29.8 Å². The van der Waals surface area contributed by atoms with E-state index in [9.17, 15) is 9.59 Å². The summed E-state index contributed by atoms with van der Waals surface area (Å²) >= 11 is 0. The number of alkyl carbamates (subject to hydrolysis) is 1. The third-order valence-electron chi connectivity index (χ3n) is 5.27. The minimum Gasteiger partial charge on any atom is -0.497 e. The first kappa shape index (κ1) is 24.0. The predicted octanol–water partition coefficient (Wildman–Crippen LogP) is 4.91. The Morgan fingerprint density at radius 1 is 1.00 bits per heavy atom. The lowest BCUT2D eigenvalue weighted by atomic mass is 9.87. The molecule has 6 heteroatoms. The normalized spacial score (nSPS) is 19.7. The third-order valence-corrected chi connectivity index (χ3v) is 5.27. The SMILES string of the molecule is COc1ccc(CN(C(=O)C(C)(C)C)C2CCC(NC(=O)OC(C)(C)C)CC2)cc1. The van der Waals surface area contributed by atoms with Crippen molar-refractivity contribution in [3.8, 4) is 5.75 Å². The number of carbonyl (C=O) groups excluding carboxylic acids is 2. The highest BCUT2D eigenvalue weighted by Gasteiger charge is 2.34. The summed E-state index contributed by atoms with van der Waals surface area (Å²) in [5.74, 6) is 0.961. The fourth-order valence-electron chi connectivity index (χ4n) is 3.73. The maximum absolute atomic E-state index is 13.2. The van der Waals surface area contributed by atoms with E-state index in [2.05, 4.69) is 5.32 Å². The zero-order valence-electron chi connectivity index (χ0n) is 19.6. The van der Waals surface area contributed by atoms with Crippen LogP contribution in [0.3, 0.4) is 0 Å². The molecule has 0 bridgehead atoms. The van der Waals surface area contributed by atoms with E-state index in [4.69, 9.17) is 9.47 Å². The Balaban J connectivity index is 2.03. The molecule has 168 valence electrons. The van der Waals surface area contributed by atoms with Gasteiger partial charge in [-0.15, -0.1) is 0 Å². The number of hydrogen-bond acceptors (Lipinski definition) is 4. The largest absolute Gasteiger partial charge is 0.497 e. The molecule has 1 N–H and O–H groups in total. The molecule has 0 radical (unpaired) electrons. The van der Waals surface area contributed by atoms with E-state index in [-0.39, 0.29) is 24.1 Å². The average molecular weight is 419 g/mol. The van der Waals surface area contributed by atoms with Gasteiger partial charge in [-0.1, -0.05) is 32.9 Å². The maximum atomic E-state index is 13.2. The van der Waals surface area contributed by atoms with E-state index in [0.29, 0.717) is 6.54 Å². The first-order valence-electron chi connectivity index (χ1n) is 10.8. The van der Waals surface area contributed by atoms with E-state index < -0.39 is 11.0 Å². The second-order valence-corrected chi connectivity index (χ2v) is 10.2. The molecule has 1 saturated carbocycles. The van der Waals surface area contributed by atoms with Gasteiger partial charge in [0.1, 0.15) is 11.4 Å². The summed E-state index contributed by atoms with van der Waals surface area (Å²) in [6.07, 6.45) is 3.02. The summed E-state index contributed by atoms with van der Waals surface area (Å²) in [5, 5.41) is 2.98. The highest BCUT2D eigenvalue weighted by Crippen LogP contribution is 2.29. The molecule has 0 aliphatic heterocycles. The Morgan fingerprint density at radius 3 is 2.03 bits per heavy atom. The number of methoxy groups -OCH3 is 1. The Hall–Kier alpha value is -2.24. The van der Waals surface area contributed by atoms with Gasteiger partial charge in [0.15, 0.2) is 0 Å². The topological polar surface area (TPSA) is 67.9 Å². The van der Waals surface area contributed by atoms with Gasteiger partial charge in [0.05, 0.1) is 7.11 Å². The Labute approximate surface area is 181 Å². The molecule has 0 atom stereocenters. The zero-order chi connectivity index (χ0) is 22.5. The van der Waals surface area contributed by atoms with Crippen molar-refractivity contribution in [2.45, 2.75) is 91.5 Å². The van der Waals surface area contributed by atoms with Gasteiger partial charge in [-0.25, -0.2) is 4.79 Å². The molecule has 2 amide bonds. The molecule has 0 aromatic heterocycles. The summed E-state index contributed by atoms with van der Waals surface area (Å²) in [4.78, 5) is 27.3. The van der Waals surface area contributed by atoms with Crippen LogP contribution in [0.1, 0.15) is 72.8 Å². The molecule has 1 aromatic carbocycles. The number of rotatable bonds is 5. The van der Waals surface area contributed by atoms with Crippen molar-refractivity contribution < 1.29 is 19.1 Å². The first-order chi connectivity index (χ1) is 13.9. The van der Waals surface area contributed by atoms with E-state index in [1.165, 1.54) is 0 Å². The molecule has 2 rings (SSSR count). The van der Waals surface area contributed by atoms with Gasteiger partial charge in [0.25, 0.3) is 0 Å². The Morgan fingerprint density at radius 2 is 1.57 bits per heavy atom. The zero-order valence-corrected chi connectivity index (χ0v) is 19.6. The Kier molecular flexibility index (Phi) is 7.78. The molecule has 6 nitrogen and oxygen atoms in total. The standard InChI is InChI=1S/C24H38N2O4/c1-23(2,3)21(27)26(16-17-8-14-20(29-7)15-9-17)19-12-10-18(11-13-19)25-22(28)30-24(4,5)6/h8-9,14-15,18-19H,10-13,16H2,1-7H3,(H,25,28). The lowest BCUT2D eigenvalue weighted by molar-refractivity contribution is -0.143. The van der Waals surface area contributed by atoms with Crippen LogP contribution in [0.25, 0.3) is 0 Å². The monoisotopic (exact) mass is 418 g/mol. The Bertz CT molecular complexity index is 708. The second kappa shape index (κ2) is 9.71. The average Bonchev–Trinajstić information content (AvgIpc) is 2.64. The summed E-state index contributed by atoms with van der Waals surface area (Å²) in [5.41, 5.74) is 0.135. The van der Waals surface area contributed by atoms with Crippen molar-refractivity contribution in [1.29, 1.82) is 0 Å². The van der Waals surface area contributed by atoms with Gasteiger partial charge in [-0.05, 0) is 64.2 Å². The van der Waals surface area contributed by atoms with E-state index in [1.807, 2.05) is 70.7 Å². The molecular formula is C24H38N2O4. The minimum absolute atomic E-state index is 0.0867. The van der Waals surface area contributed by atoms with Crippen LogP contribution in [0.5, 0.6) is 5.75 Å². The highest BCUT2D eigenvalue weighted by atomic mass is 16.6. The number of benzene rings is 1. The van der Waals surface area contributed by atoms with Crippen molar-refractivity contribution in [2.24, 2.45) is 5.41 Å². The first-order valence-corrected chi connectivity index (χ1v) is 10.8. The van der Waals surface area contributed by atoms with Crippen molar-refractivity contribution in [1.82, 2.24) is 10.2 Å². The van der Waals surface area contributed by atoms with Gasteiger partial charge in [0.2, 0.25) is 5.91 Å². The summed E-state index contributed by atoms with van der Waals surface area (Å²) in [6.45, 7) is 12.1. The number of ether oxygens (including phenoxy) is 2. The molecule has 0 unspecified atom stereocenters. The van der Waals surface area contributed by atoms with Gasteiger partial charge in [-0.2, -0.15) is 0 Å². The molecule has 0 heterocycles. The van der Waals surface area contributed by atoms with Crippen molar-refractivity contribution >= 4 is 12.0 Å². The van der Waals surface area contributed by atoms with Crippen LogP contribution < -0.4 is 10.1 Å². The molecule has 30 heavy (non-hydrogen) atoms. The van der Waals surface area contributed by atoms with Crippen LogP contribution in [0, 0.1) is 5.41 Å². The molecule has 1 aliphatic rings. The fourth-order valence-corrected chi connectivity index (χ4v) is 3.73. The highest BCUT2D eigenvalue weighted by molar-refractivity contribution is 5.81. The van der Waals surface area contributed by atoms with E-state index >= 15 is 0 Å². The van der Waals surface area contributed by atoms with Crippen molar-refractivity contribution in [3.63, 3.8) is 0 Å². The van der Waals surface area contributed by atoms with Crippen LogP contribution in [0.4, 0.5) is 4.79 Å². The number of nitrogens with one attached hydrogen (secondary N) is 1. The summed E-state index contributed by atoms with van der Waals surface area (Å²) in [6, 6.07) is 8.13. The van der Waals surface area contributed by atoms with Crippen LogP contribution in [0.15, 0.2) is 24.3 Å². The van der Waals surface area contributed by atoms with Gasteiger partial charge in [0, 0.05) is 24.0 Å². The van der Waals surface area contributed by atoms with E-state index in [1.54, 1.807) is 7.11 Å². The molecule has 1 fully saturated rings.